The Balaban J connectivity index is 1.80. The molecule has 0 aromatic heterocycles. The summed E-state index contributed by atoms with van der Waals surface area (Å²) in [5, 5.41) is 16.6. The SMILES string of the molecule is CCC(C#CCCC1(C2(O)c3ccccc3Sc3ccc(Cl)cc32)SCCCS1)NC. The second-order valence-corrected chi connectivity index (χ2v) is 12.4. The van der Waals surface area contributed by atoms with Gasteiger partial charge in [-0.25, -0.2) is 0 Å². The molecule has 1 fully saturated rings. The molecule has 2 aromatic carbocycles. The number of aliphatic hydroxyl groups is 1. The van der Waals surface area contributed by atoms with Gasteiger partial charge in [-0.2, -0.15) is 0 Å². The molecule has 2 nitrogen and oxygen atoms in total. The smallest absolute Gasteiger partial charge is 0.141 e. The molecular weight excluding hydrogens is 462 g/mol. The maximum absolute atomic E-state index is 12.7. The first-order valence-corrected chi connectivity index (χ1v) is 13.9. The molecule has 2 aliphatic rings. The third-order valence-corrected chi connectivity index (χ3v) is 11.0. The predicted octanol–water partition coefficient (Wildman–Crippen LogP) is 6.39. The van der Waals surface area contributed by atoms with Gasteiger partial charge in [-0.05, 0) is 62.1 Å². The summed E-state index contributed by atoms with van der Waals surface area (Å²) in [6.45, 7) is 2.14. The van der Waals surface area contributed by atoms with Gasteiger partial charge in [0.05, 0.1) is 10.1 Å². The first-order chi connectivity index (χ1) is 15.0. The lowest BCUT2D eigenvalue weighted by molar-refractivity contribution is 0.0579. The fourth-order valence-corrected chi connectivity index (χ4v) is 9.25. The largest absolute Gasteiger partial charge is 0.378 e. The van der Waals surface area contributed by atoms with E-state index in [0.717, 1.165) is 58.1 Å². The van der Waals surface area contributed by atoms with Crippen molar-refractivity contribution >= 4 is 46.9 Å². The molecule has 4 rings (SSSR count). The first-order valence-electron chi connectivity index (χ1n) is 10.8. The van der Waals surface area contributed by atoms with Crippen LogP contribution in [0.4, 0.5) is 0 Å². The molecule has 2 aliphatic heterocycles. The third kappa shape index (κ3) is 4.40. The number of rotatable bonds is 5. The van der Waals surface area contributed by atoms with Crippen molar-refractivity contribution in [1.29, 1.82) is 0 Å². The average molecular weight is 490 g/mol. The lowest BCUT2D eigenvalue weighted by atomic mass is 9.80. The molecule has 0 aliphatic carbocycles. The average Bonchev–Trinajstić information content (AvgIpc) is 2.80. The molecule has 2 heterocycles. The second-order valence-electron chi connectivity index (χ2n) is 7.82. The van der Waals surface area contributed by atoms with Crippen molar-refractivity contribution in [3.05, 3.63) is 58.6 Å². The highest BCUT2D eigenvalue weighted by molar-refractivity contribution is 8.18. The number of thioether (sulfide) groups is 2. The molecule has 0 bridgehead atoms. The van der Waals surface area contributed by atoms with Crippen molar-refractivity contribution in [3.63, 3.8) is 0 Å². The van der Waals surface area contributed by atoms with Crippen molar-refractivity contribution < 1.29 is 5.11 Å². The van der Waals surface area contributed by atoms with Gasteiger partial charge in [-0.1, -0.05) is 54.4 Å². The lowest BCUT2D eigenvalue weighted by Gasteiger charge is -2.51. The van der Waals surface area contributed by atoms with E-state index in [-0.39, 0.29) is 6.04 Å². The molecule has 2 aromatic rings. The number of nitrogens with one attached hydrogen (secondary N) is 1. The number of benzene rings is 2. The van der Waals surface area contributed by atoms with Crippen LogP contribution < -0.4 is 5.32 Å². The van der Waals surface area contributed by atoms with E-state index in [1.165, 1.54) is 0 Å². The molecule has 0 saturated carbocycles. The quantitative estimate of drug-likeness (QED) is 0.475. The molecule has 0 radical (unpaired) electrons. The minimum absolute atomic E-state index is 0.219. The summed E-state index contributed by atoms with van der Waals surface area (Å²) in [4.78, 5) is 2.21. The maximum atomic E-state index is 12.7. The number of fused-ring (bicyclic) bond motifs is 2. The van der Waals surface area contributed by atoms with Gasteiger partial charge < -0.3 is 10.4 Å². The molecule has 2 atom stereocenters. The van der Waals surface area contributed by atoms with Gasteiger partial charge in [-0.3, -0.25) is 0 Å². The van der Waals surface area contributed by atoms with E-state index in [0.29, 0.717) is 5.02 Å². The Morgan fingerprint density at radius 2 is 1.87 bits per heavy atom. The summed E-state index contributed by atoms with van der Waals surface area (Å²) in [6, 6.07) is 14.4. The molecule has 31 heavy (non-hydrogen) atoms. The highest BCUT2D eigenvalue weighted by Gasteiger charge is 2.57. The van der Waals surface area contributed by atoms with E-state index < -0.39 is 9.68 Å². The fourth-order valence-electron chi connectivity index (χ4n) is 4.31. The molecule has 1 saturated heterocycles. The van der Waals surface area contributed by atoms with Crippen molar-refractivity contribution in [2.24, 2.45) is 0 Å². The molecule has 0 amide bonds. The van der Waals surface area contributed by atoms with Crippen LogP contribution in [0.1, 0.15) is 43.7 Å². The normalized spacial score (nSPS) is 22.6. The standard InChI is InChI=1S/C25H28ClNOS3/c1-3-19(27-2)9-6-7-14-24(29-15-8-16-30-24)25(28)20-10-4-5-11-22(20)31-23-13-12-18(26)17-21(23)25/h4-5,10-13,17,19,27-28H,3,7-8,14-16H2,1-2H3. The van der Waals surface area contributed by atoms with Crippen LogP contribution in [0.5, 0.6) is 0 Å². The topological polar surface area (TPSA) is 32.3 Å². The zero-order valence-electron chi connectivity index (χ0n) is 17.9. The minimum atomic E-state index is -1.13. The summed E-state index contributed by atoms with van der Waals surface area (Å²) in [7, 11) is 1.96. The maximum Gasteiger partial charge on any atom is 0.141 e. The van der Waals surface area contributed by atoms with Crippen molar-refractivity contribution in [3.8, 4) is 11.8 Å². The molecule has 2 unspecified atom stereocenters. The lowest BCUT2D eigenvalue weighted by Crippen LogP contribution is -2.51. The molecular formula is C25H28ClNOS3. The first kappa shape index (κ1) is 23.4. The Hall–Kier alpha value is -0.740. The van der Waals surface area contributed by atoms with Gasteiger partial charge in [0, 0.05) is 32.4 Å². The monoisotopic (exact) mass is 489 g/mol. The van der Waals surface area contributed by atoms with Crippen LogP contribution in [0.25, 0.3) is 0 Å². The van der Waals surface area contributed by atoms with E-state index in [1.807, 2.05) is 54.8 Å². The minimum Gasteiger partial charge on any atom is -0.378 e. The van der Waals surface area contributed by atoms with Crippen LogP contribution in [-0.2, 0) is 5.60 Å². The van der Waals surface area contributed by atoms with Crippen LogP contribution >= 0.6 is 46.9 Å². The van der Waals surface area contributed by atoms with Crippen LogP contribution in [0.3, 0.4) is 0 Å². The Labute approximate surface area is 203 Å². The van der Waals surface area contributed by atoms with Crippen molar-refractivity contribution in [1.82, 2.24) is 5.32 Å². The van der Waals surface area contributed by atoms with Crippen LogP contribution in [0.15, 0.2) is 52.3 Å². The van der Waals surface area contributed by atoms with Gasteiger partial charge >= 0.3 is 0 Å². The van der Waals surface area contributed by atoms with Crippen molar-refractivity contribution in [2.45, 2.75) is 58.1 Å². The third-order valence-electron chi connectivity index (χ3n) is 5.95. The number of halogens is 1. The summed E-state index contributed by atoms with van der Waals surface area (Å²) < 4.78 is -0.405. The second kappa shape index (κ2) is 10.0. The van der Waals surface area contributed by atoms with Crippen molar-refractivity contribution in [2.75, 3.05) is 18.6 Å². The van der Waals surface area contributed by atoms with Gasteiger partial charge in [0.15, 0.2) is 0 Å². The van der Waals surface area contributed by atoms with E-state index in [4.69, 9.17) is 11.6 Å². The zero-order valence-corrected chi connectivity index (χ0v) is 21.1. The number of hydrogen-bond acceptors (Lipinski definition) is 5. The highest BCUT2D eigenvalue weighted by Crippen LogP contribution is 2.63. The molecule has 6 heteroatoms. The van der Waals surface area contributed by atoms with E-state index in [1.54, 1.807) is 11.8 Å². The zero-order chi connectivity index (χ0) is 21.9. The van der Waals surface area contributed by atoms with Crippen LogP contribution in [0, 0.1) is 11.8 Å². The van der Waals surface area contributed by atoms with Gasteiger partial charge in [0.2, 0.25) is 0 Å². The number of hydrogen-bond donors (Lipinski definition) is 2. The Morgan fingerprint density at radius 3 is 2.61 bits per heavy atom. The molecule has 2 N–H and O–H groups in total. The summed E-state index contributed by atoms with van der Waals surface area (Å²) in [5.74, 6) is 8.83. The summed E-state index contributed by atoms with van der Waals surface area (Å²) in [5.41, 5.74) is 0.797. The van der Waals surface area contributed by atoms with Crippen LogP contribution in [-0.4, -0.2) is 33.8 Å². The van der Waals surface area contributed by atoms with Crippen LogP contribution in [0.2, 0.25) is 5.02 Å². The van der Waals surface area contributed by atoms with E-state index in [9.17, 15) is 5.11 Å². The van der Waals surface area contributed by atoms with Gasteiger partial charge in [0.1, 0.15) is 5.60 Å². The highest BCUT2D eigenvalue weighted by atomic mass is 35.5. The molecule has 164 valence electrons. The molecule has 0 spiro atoms. The van der Waals surface area contributed by atoms with E-state index >= 15 is 0 Å². The predicted molar refractivity (Wildman–Crippen MR) is 137 cm³/mol. The Bertz CT molecular complexity index is 992. The van der Waals surface area contributed by atoms with Gasteiger partial charge in [-0.15, -0.1) is 29.4 Å². The summed E-state index contributed by atoms with van der Waals surface area (Å²) in [6.07, 6.45) is 3.72. The summed E-state index contributed by atoms with van der Waals surface area (Å²) >= 11 is 12.0. The van der Waals surface area contributed by atoms with E-state index in [2.05, 4.69) is 42.3 Å². The van der Waals surface area contributed by atoms with Gasteiger partial charge in [0.25, 0.3) is 0 Å². The fraction of sp³-hybridized carbons (Fsp3) is 0.440. The Morgan fingerprint density at radius 1 is 1.13 bits per heavy atom. The Kier molecular flexibility index (Phi) is 7.58.